The zero-order valence-electron chi connectivity index (χ0n) is 16.8. The summed E-state index contributed by atoms with van der Waals surface area (Å²) in [6, 6.07) is 0. The number of aliphatic hydroxyl groups excluding tert-OH is 2. The van der Waals surface area contributed by atoms with Crippen LogP contribution in [-0.2, 0) is 9.53 Å². The zero-order valence-corrected chi connectivity index (χ0v) is 16.8. The molecule has 2 fully saturated rings. The SMILES string of the molecule is CCC#CCC(C)C(O)C=CC1C(O)CC2OC(=CCCCC(=O)[O-])C(F)(F)C21. The Kier molecular flexibility index (Phi) is 8.23. The average molecular weight is 411 g/mol. The molecule has 2 rings (SSSR count). The lowest BCUT2D eigenvalue weighted by molar-refractivity contribution is -0.305. The molecule has 7 heteroatoms. The molecule has 2 aliphatic rings. The molecule has 29 heavy (non-hydrogen) atoms. The van der Waals surface area contributed by atoms with Crippen LogP contribution in [0.4, 0.5) is 8.78 Å². The van der Waals surface area contributed by atoms with Gasteiger partial charge in [0.1, 0.15) is 6.10 Å². The first kappa shape index (κ1) is 23.4. The van der Waals surface area contributed by atoms with E-state index < -0.39 is 47.8 Å². The van der Waals surface area contributed by atoms with Crippen LogP contribution in [0.15, 0.2) is 24.0 Å². The minimum atomic E-state index is -3.26. The van der Waals surface area contributed by atoms with Gasteiger partial charge in [0, 0.05) is 31.1 Å². The fraction of sp³-hybridized carbons (Fsp3) is 0.682. The van der Waals surface area contributed by atoms with Crippen molar-refractivity contribution in [1.82, 2.24) is 0 Å². The zero-order chi connectivity index (χ0) is 21.6. The molecule has 1 saturated heterocycles. The summed E-state index contributed by atoms with van der Waals surface area (Å²) in [5.41, 5.74) is 0. The van der Waals surface area contributed by atoms with Gasteiger partial charge in [0.15, 0.2) is 5.76 Å². The standard InChI is InChI=1S/C22H30F2O5/c1-3-4-5-8-14(2)16(25)12-11-15-17(26)13-18-21(15)22(23,24)19(29-18)9-6-7-10-20(27)28/h9,11-12,14-18,21,25-26H,3,6-8,10,13H2,1-2H3,(H,27,28)/p-1. The highest BCUT2D eigenvalue weighted by atomic mass is 19.3. The fourth-order valence-electron chi connectivity index (χ4n) is 3.85. The Morgan fingerprint density at radius 3 is 2.83 bits per heavy atom. The number of fused-ring (bicyclic) bond motifs is 1. The van der Waals surface area contributed by atoms with Crippen LogP contribution in [0.25, 0.3) is 0 Å². The Bertz CT molecular complexity index is 691. The van der Waals surface area contributed by atoms with Crippen LogP contribution >= 0.6 is 0 Å². The van der Waals surface area contributed by atoms with Crippen LogP contribution in [0.3, 0.4) is 0 Å². The lowest BCUT2D eigenvalue weighted by atomic mass is 9.87. The number of aliphatic hydroxyl groups is 2. The minimum Gasteiger partial charge on any atom is -0.550 e. The lowest BCUT2D eigenvalue weighted by Crippen LogP contribution is -2.33. The van der Waals surface area contributed by atoms with Crippen molar-refractivity contribution in [2.75, 3.05) is 0 Å². The molecule has 1 aliphatic carbocycles. The van der Waals surface area contributed by atoms with E-state index in [1.807, 2.05) is 13.8 Å². The smallest absolute Gasteiger partial charge is 0.310 e. The first-order chi connectivity index (χ1) is 13.7. The number of unbranched alkanes of at least 4 members (excludes halogenated alkanes) is 1. The fourth-order valence-corrected chi connectivity index (χ4v) is 3.85. The number of carboxylic acids is 1. The van der Waals surface area contributed by atoms with Crippen molar-refractivity contribution in [2.24, 2.45) is 17.8 Å². The van der Waals surface area contributed by atoms with E-state index in [1.165, 1.54) is 18.2 Å². The second-order valence-corrected chi connectivity index (χ2v) is 7.78. The molecule has 6 atom stereocenters. The Morgan fingerprint density at radius 1 is 1.45 bits per heavy atom. The van der Waals surface area contributed by atoms with E-state index in [0.29, 0.717) is 6.42 Å². The summed E-state index contributed by atoms with van der Waals surface area (Å²) < 4.78 is 35.2. The van der Waals surface area contributed by atoms with Crippen molar-refractivity contribution in [1.29, 1.82) is 0 Å². The molecule has 1 heterocycles. The van der Waals surface area contributed by atoms with Gasteiger partial charge in [-0.25, -0.2) is 0 Å². The topological polar surface area (TPSA) is 89.8 Å². The van der Waals surface area contributed by atoms with Gasteiger partial charge in [-0.2, -0.15) is 8.78 Å². The van der Waals surface area contributed by atoms with Crippen molar-refractivity contribution in [3.05, 3.63) is 24.0 Å². The van der Waals surface area contributed by atoms with E-state index in [2.05, 4.69) is 11.8 Å². The van der Waals surface area contributed by atoms with Gasteiger partial charge in [0.2, 0.25) is 0 Å². The van der Waals surface area contributed by atoms with Crippen LogP contribution < -0.4 is 5.11 Å². The number of hydrogen-bond acceptors (Lipinski definition) is 5. The second-order valence-electron chi connectivity index (χ2n) is 7.78. The van der Waals surface area contributed by atoms with Crippen molar-refractivity contribution < 1.29 is 33.6 Å². The highest BCUT2D eigenvalue weighted by Crippen LogP contribution is 2.54. The molecule has 0 aromatic heterocycles. The number of aliphatic carboxylic acids is 1. The van der Waals surface area contributed by atoms with Gasteiger partial charge in [-0.3, -0.25) is 0 Å². The minimum absolute atomic E-state index is 0.0826. The summed E-state index contributed by atoms with van der Waals surface area (Å²) in [5, 5.41) is 30.9. The van der Waals surface area contributed by atoms with E-state index in [0.717, 1.165) is 6.42 Å². The molecule has 162 valence electrons. The number of ether oxygens (including phenoxy) is 1. The molecule has 0 spiro atoms. The molecule has 0 bridgehead atoms. The third-order valence-corrected chi connectivity index (χ3v) is 5.51. The third-order valence-electron chi connectivity index (χ3n) is 5.51. The molecule has 0 radical (unpaired) electrons. The predicted molar refractivity (Wildman–Crippen MR) is 101 cm³/mol. The van der Waals surface area contributed by atoms with Crippen LogP contribution in [-0.4, -0.2) is 40.4 Å². The molecule has 0 aromatic carbocycles. The largest absolute Gasteiger partial charge is 0.550 e. The Hall–Kier alpha value is -1.91. The van der Waals surface area contributed by atoms with Crippen molar-refractivity contribution in [3.8, 4) is 11.8 Å². The van der Waals surface area contributed by atoms with Crippen molar-refractivity contribution in [3.63, 3.8) is 0 Å². The number of carbonyl (C=O) groups excluding carboxylic acids is 1. The van der Waals surface area contributed by atoms with Gasteiger partial charge in [0.05, 0.1) is 18.1 Å². The quantitative estimate of drug-likeness (QED) is 0.363. The first-order valence-corrected chi connectivity index (χ1v) is 10.1. The maximum atomic E-state index is 14.9. The van der Waals surface area contributed by atoms with Gasteiger partial charge >= 0.3 is 5.92 Å². The molecule has 5 nitrogen and oxygen atoms in total. The highest BCUT2D eigenvalue weighted by Gasteiger charge is 2.63. The van der Waals surface area contributed by atoms with E-state index in [9.17, 15) is 28.9 Å². The first-order valence-electron chi connectivity index (χ1n) is 10.1. The molecule has 1 aliphatic heterocycles. The average Bonchev–Trinajstić information content (AvgIpc) is 3.09. The monoisotopic (exact) mass is 411 g/mol. The lowest BCUT2D eigenvalue weighted by Gasteiger charge is -2.23. The van der Waals surface area contributed by atoms with Gasteiger partial charge in [0.25, 0.3) is 0 Å². The molecular weight excluding hydrogens is 382 g/mol. The third kappa shape index (κ3) is 5.80. The maximum Gasteiger partial charge on any atom is 0.310 e. The predicted octanol–water partition coefficient (Wildman–Crippen LogP) is 2.18. The molecule has 0 amide bonds. The summed E-state index contributed by atoms with van der Waals surface area (Å²) in [6.45, 7) is 3.76. The van der Waals surface area contributed by atoms with Gasteiger partial charge < -0.3 is 24.9 Å². The summed E-state index contributed by atoms with van der Waals surface area (Å²) in [7, 11) is 0. The summed E-state index contributed by atoms with van der Waals surface area (Å²) >= 11 is 0. The summed E-state index contributed by atoms with van der Waals surface area (Å²) in [4.78, 5) is 10.4. The normalized spacial score (nSPS) is 31.2. The molecular formula is C22H29F2O5-. The Labute approximate surface area is 170 Å². The van der Waals surface area contributed by atoms with E-state index >= 15 is 0 Å². The Morgan fingerprint density at radius 2 is 2.17 bits per heavy atom. The number of allylic oxidation sites excluding steroid dienone is 2. The highest BCUT2D eigenvalue weighted by molar-refractivity contribution is 5.64. The van der Waals surface area contributed by atoms with Crippen molar-refractivity contribution >= 4 is 5.97 Å². The van der Waals surface area contributed by atoms with E-state index in [1.54, 1.807) is 0 Å². The summed E-state index contributed by atoms with van der Waals surface area (Å²) in [5.74, 6) is -1.27. The number of alkyl halides is 2. The van der Waals surface area contributed by atoms with Gasteiger partial charge in [-0.1, -0.05) is 26.0 Å². The molecule has 0 aromatic rings. The number of carbonyl (C=O) groups is 1. The van der Waals surface area contributed by atoms with Crippen LogP contribution in [0, 0.1) is 29.6 Å². The second kappa shape index (κ2) is 10.2. The van der Waals surface area contributed by atoms with E-state index in [4.69, 9.17) is 4.74 Å². The van der Waals surface area contributed by atoms with Crippen LogP contribution in [0.2, 0.25) is 0 Å². The van der Waals surface area contributed by atoms with Gasteiger partial charge in [-0.15, -0.1) is 11.8 Å². The molecule has 6 unspecified atom stereocenters. The van der Waals surface area contributed by atoms with Gasteiger partial charge in [-0.05, 0) is 31.3 Å². The molecule has 2 N–H and O–H groups in total. The number of rotatable bonds is 8. The Balaban J connectivity index is 2.05. The summed E-state index contributed by atoms with van der Waals surface area (Å²) in [6.07, 6.45) is 2.98. The number of halogens is 2. The molecule has 1 saturated carbocycles. The van der Waals surface area contributed by atoms with E-state index in [-0.39, 0.29) is 31.6 Å². The van der Waals surface area contributed by atoms with Crippen molar-refractivity contribution in [2.45, 2.75) is 76.6 Å². The maximum absolute atomic E-state index is 14.9. The number of hydrogen-bond donors (Lipinski definition) is 2. The van der Waals surface area contributed by atoms with Crippen LogP contribution in [0.5, 0.6) is 0 Å². The number of carboxylic acid groups (broad SMARTS) is 1. The van der Waals surface area contributed by atoms with Crippen LogP contribution in [0.1, 0.15) is 52.4 Å².